The smallest absolute Gasteiger partial charge is 0.343 e. The average molecular weight is 213 g/mol. The Hall–Kier alpha value is -1.07. The number of aliphatic hydroxyl groups is 1. The van der Waals surface area contributed by atoms with Crippen molar-refractivity contribution >= 4 is 17.7 Å². The van der Waals surface area contributed by atoms with Crippen molar-refractivity contribution in [3.8, 4) is 0 Å². The Kier molecular flexibility index (Phi) is 4.42. The molecule has 76 valence electrons. The largest absolute Gasteiger partial charge is 0.479 e. The summed E-state index contributed by atoms with van der Waals surface area (Å²) in [4.78, 5) is 14.2. The lowest BCUT2D eigenvalue weighted by Gasteiger charge is -2.04. The van der Waals surface area contributed by atoms with Crippen LogP contribution in [0.4, 0.5) is 0 Å². The van der Waals surface area contributed by atoms with Crippen molar-refractivity contribution in [2.24, 2.45) is 0 Å². The minimum atomic E-state index is -1.33. The Morgan fingerprint density at radius 3 is 3.00 bits per heavy atom. The molecule has 0 aliphatic rings. The zero-order valence-corrected chi connectivity index (χ0v) is 8.28. The molecule has 1 atom stereocenters. The predicted octanol–water partition coefficient (Wildman–Crippen LogP) is 0.760. The van der Waals surface area contributed by atoms with Crippen molar-refractivity contribution < 1.29 is 15.0 Å². The van der Waals surface area contributed by atoms with E-state index in [-0.39, 0.29) is 0 Å². The fraction of sp³-hybridized carbons (Fsp3) is 0.333. The maximum absolute atomic E-state index is 10.3. The van der Waals surface area contributed by atoms with Crippen LogP contribution in [0.5, 0.6) is 0 Å². The molecule has 2 N–H and O–H groups in total. The molecule has 0 amide bonds. The Morgan fingerprint density at radius 2 is 2.43 bits per heavy atom. The van der Waals surface area contributed by atoms with Crippen LogP contribution in [0.15, 0.2) is 24.5 Å². The van der Waals surface area contributed by atoms with Gasteiger partial charge < -0.3 is 10.2 Å². The third-order valence-corrected chi connectivity index (χ3v) is 2.56. The molecule has 0 saturated carbocycles. The minimum absolute atomic E-state index is 0.569. The molecule has 0 aliphatic carbocycles. The first-order valence-electron chi connectivity index (χ1n) is 4.11. The first-order chi connectivity index (χ1) is 6.70. The van der Waals surface area contributed by atoms with Crippen molar-refractivity contribution in [3.05, 3.63) is 30.1 Å². The second kappa shape index (κ2) is 5.62. The standard InChI is InChI=1S/C9H11NO3S/c11-8(12)9(13)14-5-3-7-2-1-4-10-6-7/h1-2,4,6,9,13H,3,5H2,(H,11,12). The number of carbonyl (C=O) groups is 1. The Bertz CT molecular complexity index is 291. The topological polar surface area (TPSA) is 70.4 Å². The van der Waals surface area contributed by atoms with Crippen LogP contribution >= 0.6 is 11.8 Å². The fourth-order valence-corrected chi connectivity index (χ4v) is 1.63. The number of aliphatic carboxylic acids is 1. The Balaban J connectivity index is 2.26. The lowest BCUT2D eigenvalue weighted by atomic mass is 10.2. The molecule has 0 saturated heterocycles. The van der Waals surface area contributed by atoms with Gasteiger partial charge in [0.2, 0.25) is 0 Å². The van der Waals surface area contributed by atoms with E-state index in [1.807, 2.05) is 12.1 Å². The number of pyridine rings is 1. The van der Waals surface area contributed by atoms with E-state index >= 15 is 0 Å². The summed E-state index contributed by atoms with van der Waals surface area (Å²) in [6, 6.07) is 3.74. The fourth-order valence-electron chi connectivity index (χ4n) is 0.906. The first kappa shape index (κ1) is 11.0. The van der Waals surface area contributed by atoms with E-state index in [4.69, 9.17) is 10.2 Å². The lowest BCUT2D eigenvalue weighted by molar-refractivity contribution is -0.141. The van der Waals surface area contributed by atoms with Crippen molar-refractivity contribution in [2.45, 2.75) is 11.9 Å². The molecule has 5 heteroatoms. The number of hydrogen-bond acceptors (Lipinski definition) is 4. The van der Waals surface area contributed by atoms with Gasteiger partial charge in [-0.3, -0.25) is 4.98 Å². The highest BCUT2D eigenvalue weighted by Gasteiger charge is 2.12. The maximum Gasteiger partial charge on any atom is 0.343 e. The van der Waals surface area contributed by atoms with Gasteiger partial charge in [0.25, 0.3) is 0 Å². The molecule has 0 aliphatic heterocycles. The van der Waals surface area contributed by atoms with Crippen LogP contribution in [0.3, 0.4) is 0 Å². The summed E-state index contributed by atoms with van der Waals surface area (Å²) < 4.78 is 0. The van der Waals surface area contributed by atoms with E-state index in [9.17, 15) is 4.79 Å². The summed E-state index contributed by atoms with van der Waals surface area (Å²) in [5, 5.41) is 17.3. The van der Waals surface area contributed by atoms with Crippen LogP contribution in [-0.4, -0.2) is 32.4 Å². The molecule has 1 aromatic rings. The molecule has 1 aromatic heterocycles. The van der Waals surface area contributed by atoms with E-state index in [1.165, 1.54) is 0 Å². The molecular weight excluding hydrogens is 202 g/mol. The summed E-state index contributed by atoms with van der Waals surface area (Å²) in [5.74, 6) is -0.625. The zero-order valence-electron chi connectivity index (χ0n) is 7.46. The summed E-state index contributed by atoms with van der Waals surface area (Å²) in [7, 11) is 0. The number of carboxylic acid groups (broad SMARTS) is 1. The van der Waals surface area contributed by atoms with Gasteiger partial charge in [-0.15, -0.1) is 11.8 Å². The second-order valence-corrected chi connectivity index (χ2v) is 3.86. The van der Waals surface area contributed by atoms with Gasteiger partial charge in [-0.1, -0.05) is 6.07 Å². The molecule has 0 fully saturated rings. The summed E-state index contributed by atoms with van der Waals surface area (Å²) in [5.41, 5.74) is -0.288. The van der Waals surface area contributed by atoms with Crippen molar-refractivity contribution in [1.29, 1.82) is 0 Å². The highest BCUT2D eigenvalue weighted by Crippen LogP contribution is 2.10. The quantitative estimate of drug-likeness (QED) is 0.707. The summed E-state index contributed by atoms with van der Waals surface area (Å²) in [6.45, 7) is 0. The van der Waals surface area contributed by atoms with E-state index in [0.717, 1.165) is 17.3 Å². The Labute approximate surface area is 86.0 Å². The number of aliphatic hydroxyl groups excluding tert-OH is 1. The molecule has 14 heavy (non-hydrogen) atoms. The van der Waals surface area contributed by atoms with Crippen LogP contribution in [0.1, 0.15) is 5.56 Å². The molecule has 4 nitrogen and oxygen atoms in total. The number of carboxylic acids is 1. The number of aromatic nitrogens is 1. The normalized spacial score (nSPS) is 12.4. The number of aryl methyl sites for hydroxylation is 1. The van der Waals surface area contributed by atoms with Crippen molar-refractivity contribution in [2.75, 3.05) is 5.75 Å². The first-order valence-corrected chi connectivity index (χ1v) is 5.16. The maximum atomic E-state index is 10.3. The zero-order chi connectivity index (χ0) is 10.4. The average Bonchev–Trinajstić information content (AvgIpc) is 2.19. The molecule has 0 bridgehead atoms. The highest BCUT2D eigenvalue weighted by molar-refractivity contribution is 8.00. The van der Waals surface area contributed by atoms with Gasteiger partial charge >= 0.3 is 5.97 Å². The number of hydrogen-bond donors (Lipinski definition) is 2. The van der Waals surface area contributed by atoms with Gasteiger partial charge in [0, 0.05) is 18.1 Å². The second-order valence-electron chi connectivity index (χ2n) is 2.67. The molecule has 0 aromatic carbocycles. The predicted molar refractivity (Wildman–Crippen MR) is 54.0 cm³/mol. The SMILES string of the molecule is O=C(O)C(O)SCCc1cccnc1. The number of rotatable bonds is 5. The number of nitrogens with zero attached hydrogens (tertiary/aromatic N) is 1. The summed E-state index contributed by atoms with van der Waals surface area (Å²) >= 11 is 1.01. The third kappa shape index (κ3) is 3.76. The van der Waals surface area contributed by atoms with Crippen LogP contribution < -0.4 is 0 Å². The molecular formula is C9H11NO3S. The van der Waals surface area contributed by atoms with Gasteiger partial charge in [0.05, 0.1) is 0 Å². The minimum Gasteiger partial charge on any atom is -0.479 e. The van der Waals surface area contributed by atoms with E-state index in [0.29, 0.717) is 12.2 Å². The lowest BCUT2D eigenvalue weighted by Crippen LogP contribution is -2.15. The van der Waals surface area contributed by atoms with E-state index in [2.05, 4.69) is 4.98 Å². The molecule has 0 spiro atoms. The molecule has 1 rings (SSSR count). The molecule has 1 heterocycles. The van der Waals surface area contributed by atoms with Gasteiger partial charge in [0.1, 0.15) is 0 Å². The number of thioether (sulfide) groups is 1. The van der Waals surface area contributed by atoms with E-state index < -0.39 is 11.4 Å². The van der Waals surface area contributed by atoms with Gasteiger partial charge in [0.15, 0.2) is 5.44 Å². The van der Waals surface area contributed by atoms with Gasteiger partial charge in [-0.25, -0.2) is 4.79 Å². The summed E-state index contributed by atoms with van der Waals surface area (Å²) in [6.07, 6.45) is 4.12. The van der Waals surface area contributed by atoms with Crippen LogP contribution in [0.25, 0.3) is 0 Å². The third-order valence-electron chi connectivity index (χ3n) is 1.60. The van der Waals surface area contributed by atoms with Crippen LogP contribution in [0.2, 0.25) is 0 Å². The molecule has 1 unspecified atom stereocenters. The highest BCUT2D eigenvalue weighted by atomic mass is 32.2. The van der Waals surface area contributed by atoms with Crippen molar-refractivity contribution in [3.63, 3.8) is 0 Å². The van der Waals surface area contributed by atoms with E-state index in [1.54, 1.807) is 12.4 Å². The molecule has 0 radical (unpaired) electrons. The van der Waals surface area contributed by atoms with Crippen LogP contribution in [0, 0.1) is 0 Å². The monoisotopic (exact) mass is 213 g/mol. The Morgan fingerprint density at radius 1 is 1.64 bits per heavy atom. The van der Waals surface area contributed by atoms with Crippen molar-refractivity contribution in [1.82, 2.24) is 4.98 Å². The van der Waals surface area contributed by atoms with Crippen LogP contribution in [-0.2, 0) is 11.2 Å². The van der Waals surface area contributed by atoms with Gasteiger partial charge in [-0.2, -0.15) is 0 Å². The van der Waals surface area contributed by atoms with Gasteiger partial charge in [-0.05, 0) is 18.1 Å².